The lowest BCUT2D eigenvalue weighted by Crippen LogP contribution is -2.52. The molecular formula is C46H48ClN7O5. The van der Waals surface area contributed by atoms with Gasteiger partial charge in [-0.25, -0.2) is 0 Å². The van der Waals surface area contributed by atoms with Gasteiger partial charge in [-0.3, -0.25) is 29.2 Å². The number of nitrogens with zero attached hydrogens (tertiary/aromatic N) is 6. The van der Waals surface area contributed by atoms with Crippen molar-refractivity contribution in [1.29, 1.82) is 0 Å². The molecule has 59 heavy (non-hydrogen) atoms. The van der Waals surface area contributed by atoms with Gasteiger partial charge in [0, 0.05) is 98.1 Å². The molecule has 3 aromatic carbocycles. The van der Waals surface area contributed by atoms with Crippen molar-refractivity contribution in [3.05, 3.63) is 104 Å². The average molecular weight is 814 g/mol. The van der Waals surface area contributed by atoms with E-state index in [1.165, 1.54) is 11.1 Å². The summed E-state index contributed by atoms with van der Waals surface area (Å²) in [5, 5.41) is 8.99. The fourth-order valence-corrected chi connectivity index (χ4v) is 10.4. The molecule has 3 saturated heterocycles. The number of aromatic nitrogens is 3. The van der Waals surface area contributed by atoms with E-state index in [4.69, 9.17) is 21.4 Å². The van der Waals surface area contributed by atoms with Crippen molar-refractivity contribution < 1.29 is 19.1 Å². The highest BCUT2D eigenvalue weighted by atomic mass is 35.5. The fourth-order valence-electron chi connectivity index (χ4n) is 10.1. The maximum absolute atomic E-state index is 13.2. The number of nitrogens with one attached hydrogen (secondary N) is 1. The lowest BCUT2D eigenvalue weighted by Gasteiger charge is -2.34. The van der Waals surface area contributed by atoms with Gasteiger partial charge < -0.3 is 24.0 Å². The highest BCUT2D eigenvalue weighted by molar-refractivity contribution is 6.33. The molecule has 1 atom stereocenters. The maximum atomic E-state index is 13.2. The van der Waals surface area contributed by atoms with Crippen molar-refractivity contribution in [3.63, 3.8) is 0 Å². The van der Waals surface area contributed by atoms with Gasteiger partial charge in [-0.1, -0.05) is 11.6 Å². The van der Waals surface area contributed by atoms with Crippen LogP contribution in [0.5, 0.6) is 0 Å². The molecule has 0 saturated carbocycles. The van der Waals surface area contributed by atoms with Gasteiger partial charge in [0.15, 0.2) is 0 Å². The number of hydrogen-bond donors (Lipinski definition) is 1. The number of fused-ring (bicyclic) bond motifs is 3. The summed E-state index contributed by atoms with van der Waals surface area (Å²) < 4.78 is 9.59. The highest BCUT2D eigenvalue weighted by Gasteiger charge is 2.39. The van der Waals surface area contributed by atoms with E-state index in [-0.39, 0.29) is 29.8 Å². The third kappa shape index (κ3) is 6.70. The molecule has 5 aliphatic rings. The Labute approximate surface area is 347 Å². The molecule has 5 aliphatic heterocycles. The summed E-state index contributed by atoms with van der Waals surface area (Å²) in [6.07, 6.45) is 10.4. The SMILES string of the molecule is Cc1cc2c(N3CCCc4cc(-c5cnn(C6CCN(c7ccc8c(c7)CN(C7CCC(=O)NC7=O)C8=O)CC6)c5)c(Cl)cc43)cc(C3CCOCC3)cc2n(C)c1=O. The zero-order chi connectivity index (χ0) is 40.5. The lowest BCUT2D eigenvalue weighted by molar-refractivity contribution is -0.136. The number of anilines is 3. The number of piperidine rings is 2. The van der Waals surface area contributed by atoms with E-state index in [1.807, 2.05) is 32.3 Å². The molecule has 0 bridgehead atoms. The molecule has 0 aliphatic carbocycles. The molecule has 3 amide bonds. The molecule has 0 radical (unpaired) electrons. The van der Waals surface area contributed by atoms with Crippen molar-refractivity contribution in [2.24, 2.45) is 7.05 Å². The molecular weight excluding hydrogens is 766 g/mol. The minimum absolute atomic E-state index is 0.0322. The predicted molar refractivity (Wildman–Crippen MR) is 228 cm³/mol. The Morgan fingerprint density at radius 2 is 1.66 bits per heavy atom. The van der Waals surface area contributed by atoms with E-state index in [2.05, 4.69) is 62.4 Å². The highest BCUT2D eigenvalue weighted by Crippen LogP contribution is 2.44. The molecule has 5 aromatic rings. The third-order valence-electron chi connectivity index (χ3n) is 13.4. The second kappa shape index (κ2) is 15.0. The van der Waals surface area contributed by atoms with Gasteiger partial charge in [-0.15, -0.1) is 0 Å². The summed E-state index contributed by atoms with van der Waals surface area (Å²) in [6.45, 7) is 6.31. The fraction of sp³-hybridized carbons (Fsp3) is 0.413. The number of pyridine rings is 1. The summed E-state index contributed by atoms with van der Waals surface area (Å²) in [7, 11) is 1.88. The molecule has 0 spiro atoms. The van der Waals surface area contributed by atoms with Gasteiger partial charge in [0.05, 0.1) is 28.5 Å². The second-order valence-electron chi connectivity index (χ2n) is 16.9. The monoisotopic (exact) mass is 813 g/mol. The number of aryl methyl sites for hydroxylation is 3. The number of amides is 3. The van der Waals surface area contributed by atoms with Gasteiger partial charge in [-0.05, 0) is 123 Å². The van der Waals surface area contributed by atoms with Crippen molar-refractivity contribution in [3.8, 4) is 11.1 Å². The van der Waals surface area contributed by atoms with Crippen LogP contribution in [-0.4, -0.2) is 75.9 Å². The van der Waals surface area contributed by atoms with Gasteiger partial charge in [0.1, 0.15) is 6.04 Å². The van der Waals surface area contributed by atoms with Crippen molar-refractivity contribution in [2.75, 3.05) is 42.6 Å². The Morgan fingerprint density at radius 3 is 2.46 bits per heavy atom. The van der Waals surface area contributed by atoms with Crippen molar-refractivity contribution >= 4 is 57.3 Å². The molecule has 7 heterocycles. The van der Waals surface area contributed by atoms with Crippen LogP contribution in [0.2, 0.25) is 5.02 Å². The van der Waals surface area contributed by atoms with E-state index in [9.17, 15) is 19.2 Å². The van der Waals surface area contributed by atoms with Crippen LogP contribution in [0.4, 0.5) is 17.1 Å². The van der Waals surface area contributed by atoms with Gasteiger partial charge in [0.25, 0.3) is 11.5 Å². The van der Waals surface area contributed by atoms with Crippen LogP contribution < -0.4 is 20.7 Å². The van der Waals surface area contributed by atoms with Crippen LogP contribution in [0.1, 0.15) is 89.5 Å². The normalized spacial score (nSPS) is 20.4. The summed E-state index contributed by atoms with van der Waals surface area (Å²) in [5.74, 6) is -0.451. The number of rotatable bonds is 6. The quantitative estimate of drug-likeness (QED) is 0.183. The van der Waals surface area contributed by atoms with E-state index in [0.29, 0.717) is 29.5 Å². The first-order chi connectivity index (χ1) is 28.6. The lowest BCUT2D eigenvalue weighted by atomic mass is 9.89. The zero-order valence-corrected chi connectivity index (χ0v) is 34.3. The molecule has 1 N–H and O–H groups in total. The molecule has 10 rings (SSSR count). The summed E-state index contributed by atoms with van der Waals surface area (Å²) in [5.41, 5.74) is 11.0. The first kappa shape index (κ1) is 37.8. The van der Waals surface area contributed by atoms with E-state index in [0.717, 1.165) is 122 Å². The standard InChI is InChI=1S/C46H48ClN7O5/c1-27-18-37-41(50(2)45(27)57)21-30(28-11-16-59-17-12-28)22-42(37)52-13-3-4-29-20-36(38(47)23-40(29)52)32-24-48-54(26-32)33-9-14-51(15-10-33)34-5-6-35-31(19-34)25-53(46(35)58)39-7-8-43(55)49-44(39)56/h5-6,18-24,26,28,33,39H,3-4,7-17,25H2,1-2H3,(H,49,55,56). The Morgan fingerprint density at radius 1 is 0.847 bits per heavy atom. The Hall–Kier alpha value is -5.46. The summed E-state index contributed by atoms with van der Waals surface area (Å²) in [6, 6.07) is 16.6. The largest absolute Gasteiger partial charge is 0.381 e. The van der Waals surface area contributed by atoms with Crippen LogP contribution in [0.15, 0.2) is 65.7 Å². The topological polar surface area (TPSA) is 122 Å². The van der Waals surface area contributed by atoms with Crippen LogP contribution in [-0.2, 0) is 34.3 Å². The van der Waals surface area contributed by atoms with Crippen LogP contribution >= 0.6 is 11.6 Å². The summed E-state index contributed by atoms with van der Waals surface area (Å²) in [4.78, 5) is 56.9. The maximum Gasteiger partial charge on any atom is 0.255 e. The number of imide groups is 1. The number of ether oxygens (including phenoxy) is 1. The molecule has 3 fully saturated rings. The predicted octanol–water partition coefficient (Wildman–Crippen LogP) is 6.94. The Balaban J connectivity index is 0.865. The van der Waals surface area contributed by atoms with Crippen LogP contribution in [0, 0.1) is 6.92 Å². The molecule has 12 nitrogen and oxygen atoms in total. The first-order valence-corrected chi connectivity index (χ1v) is 21.4. The number of carbonyl (C=O) groups is 3. The average Bonchev–Trinajstić information content (AvgIpc) is 3.87. The number of carbonyl (C=O) groups excluding carboxylic acids is 3. The smallest absolute Gasteiger partial charge is 0.255 e. The second-order valence-corrected chi connectivity index (χ2v) is 17.3. The van der Waals surface area contributed by atoms with Crippen molar-refractivity contribution in [2.45, 2.75) is 82.8 Å². The van der Waals surface area contributed by atoms with Crippen molar-refractivity contribution in [1.82, 2.24) is 24.6 Å². The number of benzene rings is 3. The summed E-state index contributed by atoms with van der Waals surface area (Å²) >= 11 is 7.20. The molecule has 13 heteroatoms. The molecule has 1 unspecified atom stereocenters. The number of halogens is 1. The first-order valence-electron chi connectivity index (χ1n) is 21.0. The Kier molecular flexibility index (Phi) is 9.59. The van der Waals surface area contributed by atoms with E-state index in [1.54, 1.807) is 9.47 Å². The van der Waals surface area contributed by atoms with Crippen LogP contribution in [0.3, 0.4) is 0 Å². The number of hydrogen-bond acceptors (Lipinski definition) is 8. The van der Waals surface area contributed by atoms with E-state index < -0.39 is 11.9 Å². The van der Waals surface area contributed by atoms with E-state index >= 15 is 0 Å². The van der Waals surface area contributed by atoms with Gasteiger partial charge in [0.2, 0.25) is 11.8 Å². The zero-order valence-electron chi connectivity index (χ0n) is 33.5. The Bertz CT molecular complexity index is 2600. The minimum Gasteiger partial charge on any atom is -0.381 e. The third-order valence-corrected chi connectivity index (χ3v) is 13.7. The minimum atomic E-state index is -0.620. The molecule has 304 valence electrons. The molecule has 2 aromatic heterocycles. The van der Waals surface area contributed by atoms with Crippen LogP contribution in [0.25, 0.3) is 22.0 Å². The van der Waals surface area contributed by atoms with Gasteiger partial charge >= 0.3 is 0 Å². The van der Waals surface area contributed by atoms with Gasteiger partial charge in [-0.2, -0.15) is 5.10 Å².